The number of rotatable bonds is 5. The van der Waals surface area contributed by atoms with E-state index in [1.807, 2.05) is 0 Å². The van der Waals surface area contributed by atoms with Gasteiger partial charge in [0.05, 0.1) is 34.1 Å². The van der Waals surface area contributed by atoms with Gasteiger partial charge in [-0.25, -0.2) is 0 Å². The fraction of sp³-hybridized carbons (Fsp3) is 0.571. The highest BCUT2D eigenvalue weighted by molar-refractivity contribution is 6.42. The highest BCUT2D eigenvalue weighted by Gasteiger charge is 2.13. The molecule has 19 heavy (non-hydrogen) atoms. The Labute approximate surface area is 124 Å². The van der Waals surface area contributed by atoms with Crippen molar-refractivity contribution in [2.24, 2.45) is 0 Å². The second-order valence-corrected chi connectivity index (χ2v) is 5.73. The summed E-state index contributed by atoms with van der Waals surface area (Å²) in [7, 11) is 0. The summed E-state index contributed by atoms with van der Waals surface area (Å²) in [6.45, 7) is 1.41. The molecule has 0 amide bonds. The van der Waals surface area contributed by atoms with Crippen molar-refractivity contribution in [1.82, 2.24) is 0 Å². The summed E-state index contributed by atoms with van der Waals surface area (Å²) >= 11 is 11.8. The van der Waals surface area contributed by atoms with Crippen LogP contribution < -0.4 is 11.1 Å². The van der Waals surface area contributed by atoms with Crippen LogP contribution in [0, 0.1) is 0 Å². The molecule has 0 unspecified atom stereocenters. The van der Waals surface area contributed by atoms with Crippen molar-refractivity contribution in [1.29, 1.82) is 0 Å². The summed E-state index contributed by atoms with van der Waals surface area (Å²) < 4.78 is 5.84. The minimum atomic E-state index is 0.432. The maximum atomic E-state index is 5.96. The number of nitrogens with one attached hydrogen (secondary N) is 1. The summed E-state index contributed by atoms with van der Waals surface area (Å²) in [4.78, 5) is 0. The van der Waals surface area contributed by atoms with Crippen molar-refractivity contribution in [3.05, 3.63) is 22.2 Å². The van der Waals surface area contributed by atoms with Crippen LogP contribution in [-0.2, 0) is 4.74 Å². The molecule has 0 bridgehead atoms. The predicted molar refractivity (Wildman–Crippen MR) is 82.2 cm³/mol. The summed E-state index contributed by atoms with van der Waals surface area (Å²) in [5, 5.41) is 4.21. The molecular formula is C14H20Cl2N2O. The van der Waals surface area contributed by atoms with E-state index in [1.165, 1.54) is 32.1 Å². The van der Waals surface area contributed by atoms with Crippen LogP contribution >= 0.6 is 23.2 Å². The van der Waals surface area contributed by atoms with Crippen LogP contribution in [-0.4, -0.2) is 19.3 Å². The van der Waals surface area contributed by atoms with Gasteiger partial charge in [-0.15, -0.1) is 0 Å². The van der Waals surface area contributed by atoms with Gasteiger partial charge in [-0.05, 0) is 25.0 Å². The zero-order valence-corrected chi connectivity index (χ0v) is 12.4. The average molecular weight is 303 g/mol. The van der Waals surface area contributed by atoms with Crippen LogP contribution in [0.4, 0.5) is 11.4 Å². The van der Waals surface area contributed by atoms with E-state index >= 15 is 0 Å². The molecule has 0 aromatic heterocycles. The third-order valence-electron chi connectivity index (χ3n) is 3.42. The smallest absolute Gasteiger partial charge is 0.0642 e. The molecule has 1 aromatic carbocycles. The van der Waals surface area contributed by atoms with Gasteiger partial charge in [0.25, 0.3) is 0 Å². The number of halogens is 2. The average Bonchev–Trinajstić information content (AvgIpc) is 2.41. The van der Waals surface area contributed by atoms with Crippen LogP contribution in [0.25, 0.3) is 0 Å². The molecule has 3 N–H and O–H groups in total. The lowest BCUT2D eigenvalue weighted by Crippen LogP contribution is -2.20. The normalized spacial score (nSPS) is 16.5. The van der Waals surface area contributed by atoms with Crippen molar-refractivity contribution < 1.29 is 4.74 Å². The highest BCUT2D eigenvalue weighted by Crippen LogP contribution is 2.30. The molecule has 0 saturated heterocycles. The summed E-state index contributed by atoms with van der Waals surface area (Å²) in [5.41, 5.74) is 7.28. The molecule has 0 spiro atoms. The maximum Gasteiger partial charge on any atom is 0.0642 e. The fourth-order valence-electron chi connectivity index (χ4n) is 2.36. The lowest BCUT2D eigenvalue weighted by Gasteiger charge is -2.22. The zero-order valence-electron chi connectivity index (χ0n) is 10.9. The molecule has 1 saturated carbocycles. The number of nitrogen functional groups attached to an aromatic ring is 1. The Hall–Kier alpha value is -0.640. The number of benzene rings is 1. The zero-order chi connectivity index (χ0) is 13.7. The largest absolute Gasteiger partial charge is 0.397 e. The fourth-order valence-corrected chi connectivity index (χ4v) is 2.69. The molecule has 3 nitrogen and oxygen atoms in total. The number of hydrogen-bond donors (Lipinski definition) is 2. The summed E-state index contributed by atoms with van der Waals surface area (Å²) in [6, 6.07) is 3.41. The summed E-state index contributed by atoms with van der Waals surface area (Å²) in [5.74, 6) is 0. The van der Waals surface area contributed by atoms with Gasteiger partial charge in [-0.3, -0.25) is 0 Å². The van der Waals surface area contributed by atoms with Gasteiger partial charge in [0.2, 0.25) is 0 Å². The molecule has 0 aliphatic heterocycles. The van der Waals surface area contributed by atoms with E-state index in [0.717, 1.165) is 12.2 Å². The van der Waals surface area contributed by atoms with Crippen molar-refractivity contribution in [3.8, 4) is 0 Å². The molecule has 5 heteroatoms. The second-order valence-electron chi connectivity index (χ2n) is 4.91. The molecular weight excluding hydrogens is 283 g/mol. The van der Waals surface area contributed by atoms with Gasteiger partial charge in [0, 0.05) is 6.54 Å². The van der Waals surface area contributed by atoms with E-state index < -0.39 is 0 Å². The first-order valence-corrected chi connectivity index (χ1v) is 7.52. The minimum Gasteiger partial charge on any atom is -0.397 e. The monoisotopic (exact) mass is 302 g/mol. The van der Waals surface area contributed by atoms with Crippen LogP contribution in [0.15, 0.2) is 12.1 Å². The van der Waals surface area contributed by atoms with E-state index in [-0.39, 0.29) is 0 Å². The Morgan fingerprint density at radius 2 is 1.84 bits per heavy atom. The number of nitrogens with two attached hydrogens (primary N) is 1. The van der Waals surface area contributed by atoms with Gasteiger partial charge in [-0.1, -0.05) is 42.5 Å². The number of hydrogen-bond acceptors (Lipinski definition) is 3. The Morgan fingerprint density at radius 3 is 2.58 bits per heavy atom. The van der Waals surface area contributed by atoms with Gasteiger partial charge in [-0.2, -0.15) is 0 Å². The quantitative estimate of drug-likeness (QED) is 0.628. The Kier molecular flexibility index (Phi) is 5.61. The van der Waals surface area contributed by atoms with Crippen molar-refractivity contribution >= 4 is 34.6 Å². The van der Waals surface area contributed by atoms with Crippen LogP contribution in [0.2, 0.25) is 10.0 Å². The minimum absolute atomic E-state index is 0.432. The van der Waals surface area contributed by atoms with Gasteiger partial charge in [0.1, 0.15) is 0 Å². The summed E-state index contributed by atoms with van der Waals surface area (Å²) in [6.07, 6.45) is 6.74. The van der Waals surface area contributed by atoms with E-state index in [4.69, 9.17) is 33.7 Å². The third kappa shape index (κ3) is 4.44. The molecule has 1 aliphatic rings. The molecule has 1 aliphatic carbocycles. The van der Waals surface area contributed by atoms with Crippen molar-refractivity contribution in [3.63, 3.8) is 0 Å². The first kappa shape index (κ1) is 14.8. The lowest BCUT2D eigenvalue weighted by atomic mass is 9.98. The van der Waals surface area contributed by atoms with E-state index in [9.17, 15) is 0 Å². The Bertz CT molecular complexity index is 420. The first-order valence-electron chi connectivity index (χ1n) is 6.77. The lowest BCUT2D eigenvalue weighted by molar-refractivity contribution is 0.0347. The standard InChI is InChI=1S/C14H20Cl2N2O/c15-11-8-13(17)14(9-12(11)16)18-6-7-19-10-4-2-1-3-5-10/h8-10,18H,1-7,17H2. The van der Waals surface area contributed by atoms with Crippen molar-refractivity contribution in [2.75, 3.05) is 24.2 Å². The predicted octanol–water partition coefficient (Wildman–Crippen LogP) is 4.34. The van der Waals surface area contributed by atoms with E-state index in [1.54, 1.807) is 12.1 Å². The maximum absolute atomic E-state index is 5.96. The molecule has 1 fully saturated rings. The number of ether oxygens (including phenoxy) is 1. The van der Waals surface area contributed by atoms with Gasteiger partial charge < -0.3 is 15.8 Å². The Morgan fingerprint density at radius 1 is 1.16 bits per heavy atom. The molecule has 106 valence electrons. The van der Waals surface area contributed by atoms with E-state index in [2.05, 4.69) is 5.32 Å². The molecule has 0 atom stereocenters. The second kappa shape index (κ2) is 7.22. The van der Waals surface area contributed by atoms with E-state index in [0.29, 0.717) is 28.4 Å². The number of anilines is 2. The topological polar surface area (TPSA) is 47.3 Å². The third-order valence-corrected chi connectivity index (χ3v) is 4.14. The molecule has 2 rings (SSSR count). The molecule has 0 radical (unpaired) electrons. The van der Waals surface area contributed by atoms with Gasteiger partial charge >= 0.3 is 0 Å². The van der Waals surface area contributed by atoms with Crippen LogP contribution in [0.5, 0.6) is 0 Å². The van der Waals surface area contributed by atoms with Gasteiger partial charge in [0.15, 0.2) is 0 Å². The van der Waals surface area contributed by atoms with Crippen LogP contribution in [0.3, 0.4) is 0 Å². The Balaban J connectivity index is 1.74. The highest BCUT2D eigenvalue weighted by atomic mass is 35.5. The molecule has 0 heterocycles. The molecule has 1 aromatic rings. The van der Waals surface area contributed by atoms with Crippen LogP contribution in [0.1, 0.15) is 32.1 Å². The van der Waals surface area contributed by atoms with Crippen molar-refractivity contribution in [2.45, 2.75) is 38.2 Å². The first-order chi connectivity index (χ1) is 9.16. The SMILES string of the molecule is Nc1cc(Cl)c(Cl)cc1NCCOC1CCCCC1.